The Morgan fingerprint density at radius 3 is 2.65 bits per heavy atom. The predicted molar refractivity (Wildman–Crippen MR) is 90.2 cm³/mol. The van der Waals surface area contributed by atoms with Crippen molar-refractivity contribution in [3.8, 4) is 0 Å². The number of aryl methyl sites for hydroxylation is 3. The SMILES string of the molecule is CCNC(c1ccc(CC)s1)c1cc2c(s1)CCCC2. The Balaban J connectivity index is 1.91. The van der Waals surface area contributed by atoms with Crippen LogP contribution in [0, 0.1) is 0 Å². The number of fused-ring (bicyclic) bond motifs is 1. The molecule has 3 rings (SSSR count). The number of nitrogens with one attached hydrogen (secondary N) is 1. The normalized spacial score (nSPS) is 16.1. The zero-order valence-corrected chi connectivity index (χ0v) is 14.0. The van der Waals surface area contributed by atoms with Gasteiger partial charge in [0, 0.05) is 19.5 Å². The second-order valence-electron chi connectivity index (χ2n) is 5.45. The van der Waals surface area contributed by atoms with Gasteiger partial charge in [0.05, 0.1) is 6.04 Å². The molecular formula is C17H23NS2. The molecule has 0 radical (unpaired) electrons. The van der Waals surface area contributed by atoms with E-state index in [9.17, 15) is 0 Å². The third kappa shape index (κ3) is 2.85. The van der Waals surface area contributed by atoms with E-state index in [1.165, 1.54) is 40.3 Å². The van der Waals surface area contributed by atoms with Crippen molar-refractivity contribution >= 4 is 22.7 Å². The van der Waals surface area contributed by atoms with E-state index in [0.717, 1.165) is 13.0 Å². The molecule has 0 fully saturated rings. The van der Waals surface area contributed by atoms with E-state index in [0.29, 0.717) is 6.04 Å². The van der Waals surface area contributed by atoms with Gasteiger partial charge in [0.2, 0.25) is 0 Å². The Morgan fingerprint density at radius 1 is 1.10 bits per heavy atom. The van der Waals surface area contributed by atoms with Gasteiger partial charge in [0.15, 0.2) is 0 Å². The zero-order chi connectivity index (χ0) is 13.9. The molecule has 1 atom stereocenters. The van der Waals surface area contributed by atoms with Crippen LogP contribution in [-0.2, 0) is 19.3 Å². The van der Waals surface area contributed by atoms with E-state index in [1.807, 2.05) is 22.7 Å². The van der Waals surface area contributed by atoms with Crippen molar-refractivity contribution < 1.29 is 0 Å². The van der Waals surface area contributed by atoms with E-state index < -0.39 is 0 Å². The van der Waals surface area contributed by atoms with E-state index >= 15 is 0 Å². The maximum absolute atomic E-state index is 3.68. The Morgan fingerprint density at radius 2 is 1.95 bits per heavy atom. The molecule has 1 N–H and O–H groups in total. The molecule has 0 saturated carbocycles. The van der Waals surface area contributed by atoms with E-state index in [4.69, 9.17) is 0 Å². The zero-order valence-electron chi connectivity index (χ0n) is 12.4. The van der Waals surface area contributed by atoms with Gasteiger partial charge in [-0.05, 0) is 62.4 Å². The minimum absolute atomic E-state index is 0.404. The molecule has 108 valence electrons. The lowest BCUT2D eigenvalue weighted by molar-refractivity contribution is 0.647. The van der Waals surface area contributed by atoms with Crippen LogP contribution < -0.4 is 5.32 Å². The number of hydrogen-bond donors (Lipinski definition) is 1. The highest BCUT2D eigenvalue weighted by molar-refractivity contribution is 7.13. The first-order valence-electron chi connectivity index (χ1n) is 7.75. The maximum atomic E-state index is 3.68. The lowest BCUT2D eigenvalue weighted by Crippen LogP contribution is -2.20. The molecular weight excluding hydrogens is 282 g/mol. The first-order chi connectivity index (χ1) is 9.81. The molecule has 0 aromatic carbocycles. The summed E-state index contributed by atoms with van der Waals surface area (Å²) >= 11 is 4.01. The molecule has 1 aliphatic carbocycles. The van der Waals surface area contributed by atoms with Gasteiger partial charge in [0.25, 0.3) is 0 Å². The van der Waals surface area contributed by atoms with Crippen LogP contribution in [0.25, 0.3) is 0 Å². The summed E-state index contributed by atoms with van der Waals surface area (Å²) < 4.78 is 0. The van der Waals surface area contributed by atoms with E-state index in [-0.39, 0.29) is 0 Å². The van der Waals surface area contributed by atoms with E-state index in [1.54, 1.807) is 10.4 Å². The second kappa shape index (κ2) is 6.42. The van der Waals surface area contributed by atoms with Crippen molar-refractivity contribution in [2.24, 2.45) is 0 Å². The van der Waals surface area contributed by atoms with Crippen molar-refractivity contribution in [2.45, 2.75) is 52.0 Å². The summed E-state index contributed by atoms with van der Waals surface area (Å²) in [6, 6.07) is 7.48. The molecule has 2 aromatic rings. The van der Waals surface area contributed by atoms with Crippen molar-refractivity contribution in [1.29, 1.82) is 0 Å². The van der Waals surface area contributed by atoms with Crippen LogP contribution in [0.1, 0.15) is 57.8 Å². The first kappa shape index (κ1) is 14.3. The number of rotatable bonds is 5. The highest BCUT2D eigenvalue weighted by atomic mass is 32.1. The van der Waals surface area contributed by atoms with Crippen LogP contribution in [-0.4, -0.2) is 6.54 Å². The van der Waals surface area contributed by atoms with Gasteiger partial charge < -0.3 is 5.32 Å². The Labute approximate surface area is 130 Å². The van der Waals surface area contributed by atoms with Crippen LogP contribution >= 0.6 is 22.7 Å². The second-order valence-corrected chi connectivity index (χ2v) is 7.82. The van der Waals surface area contributed by atoms with Gasteiger partial charge in [-0.2, -0.15) is 0 Å². The maximum Gasteiger partial charge on any atom is 0.0765 e. The van der Waals surface area contributed by atoms with Crippen molar-refractivity contribution in [3.05, 3.63) is 43.3 Å². The molecule has 20 heavy (non-hydrogen) atoms. The molecule has 0 bridgehead atoms. The van der Waals surface area contributed by atoms with Crippen LogP contribution in [0.15, 0.2) is 18.2 Å². The highest BCUT2D eigenvalue weighted by Crippen LogP contribution is 2.37. The largest absolute Gasteiger partial charge is 0.305 e. The van der Waals surface area contributed by atoms with Crippen LogP contribution in [0.3, 0.4) is 0 Å². The molecule has 1 nitrogen and oxygen atoms in total. The molecule has 0 saturated heterocycles. The summed E-state index contributed by atoms with van der Waals surface area (Å²) in [5, 5.41) is 3.68. The standard InChI is InChI=1S/C17H23NS2/c1-3-13-9-10-15(19-13)17(18-4-2)16-11-12-7-5-6-8-14(12)20-16/h9-11,17-18H,3-8H2,1-2H3. The summed E-state index contributed by atoms with van der Waals surface area (Å²) in [6.45, 7) is 5.46. The highest BCUT2D eigenvalue weighted by Gasteiger charge is 2.21. The third-order valence-electron chi connectivity index (χ3n) is 4.02. The molecule has 2 aromatic heterocycles. The summed E-state index contributed by atoms with van der Waals surface area (Å²) in [5.74, 6) is 0. The minimum atomic E-state index is 0.404. The topological polar surface area (TPSA) is 12.0 Å². The smallest absolute Gasteiger partial charge is 0.0765 e. The van der Waals surface area contributed by atoms with Gasteiger partial charge in [0.1, 0.15) is 0 Å². The van der Waals surface area contributed by atoms with Crippen molar-refractivity contribution in [3.63, 3.8) is 0 Å². The summed E-state index contributed by atoms with van der Waals surface area (Å²) in [6.07, 6.45) is 6.47. The Kier molecular flexibility index (Phi) is 4.59. The molecule has 3 heteroatoms. The number of hydrogen-bond acceptors (Lipinski definition) is 3. The molecule has 0 amide bonds. The molecule has 0 aliphatic heterocycles. The average Bonchev–Trinajstić information content (AvgIpc) is 3.10. The lowest BCUT2D eigenvalue weighted by atomic mass is 9.98. The van der Waals surface area contributed by atoms with Crippen LogP contribution in [0.5, 0.6) is 0 Å². The quantitative estimate of drug-likeness (QED) is 0.824. The van der Waals surface area contributed by atoms with Crippen LogP contribution in [0.4, 0.5) is 0 Å². The van der Waals surface area contributed by atoms with Crippen molar-refractivity contribution in [1.82, 2.24) is 5.32 Å². The Bertz CT molecular complexity index is 544. The van der Waals surface area contributed by atoms with Crippen molar-refractivity contribution in [2.75, 3.05) is 6.54 Å². The van der Waals surface area contributed by atoms with Gasteiger partial charge in [-0.1, -0.05) is 13.8 Å². The average molecular weight is 306 g/mol. The number of thiophene rings is 2. The molecule has 2 heterocycles. The molecule has 1 aliphatic rings. The fraction of sp³-hybridized carbons (Fsp3) is 0.529. The lowest BCUT2D eigenvalue weighted by Gasteiger charge is -2.14. The summed E-state index contributed by atoms with van der Waals surface area (Å²) in [4.78, 5) is 6.12. The first-order valence-corrected chi connectivity index (χ1v) is 9.38. The predicted octanol–water partition coefficient (Wildman–Crippen LogP) is 4.95. The van der Waals surface area contributed by atoms with Gasteiger partial charge in [-0.15, -0.1) is 22.7 Å². The minimum Gasteiger partial charge on any atom is -0.305 e. The Hall–Kier alpha value is -0.640. The summed E-state index contributed by atoms with van der Waals surface area (Å²) in [7, 11) is 0. The van der Waals surface area contributed by atoms with E-state index in [2.05, 4.69) is 37.4 Å². The monoisotopic (exact) mass is 305 g/mol. The molecule has 1 unspecified atom stereocenters. The fourth-order valence-electron chi connectivity index (χ4n) is 2.94. The fourth-order valence-corrected chi connectivity index (χ4v) is 5.42. The summed E-state index contributed by atoms with van der Waals surface area (Å²) in [5.41, 5.74) is 1.62. The van der Waals surface area contributed by atoms with Gasteiger partial charge in [-0.25, -0.2) is 0 Å². The molecule has 0 spiro atoms. The van der Waals surface area contributed by atoms with Gasteiger partial charge in [-0.3, -0.25) is 0 Å². The van der Waals surface area contributed by atoms with Crippen LogP contribution in [0.2, 0.25) is 0 Å². The van der Waals surface area contributed by atoms with Gasteiger partial charge >= 0.3 is 0 Å². The third-order valence-corrected chi connectivity index (χ3v) is 6.62.